The Kier molecular flexibility index (Phi) is 18.6. The molecule has 352 valence electrons. The molecule has 18 heteroatoms. The van der Waals surface area contributed by atoms with E-state index in [2.05, 4.69) is 5.32 Å². The number of hydrogen-bond acceptors (Lipinski definition) is 15. The van der Waals surface area contributed by atoms with Crippen LogP contribution in [-0.2, 0) is 49.5 Å². The number of hydrogen-bond donors (Lipinski definition) is 1. The van der Waals surface area contributed by atoms with Gasteiger partial charge in [-0.05, 0) is 91.6 Å². The van der Waals surface area contributed by atoms with Crippen molar-refractivity contribution in [3.05, 3.63) is 71.3 Å². The van der Waals surface area contributed by atoms with Crippen molar-refractivity contribution in [2.24, 2.45) is 0 Å². The van der Waals surface area contributed by atoms with Crippen LogP contribution in [0, 0.1) is 0 Å². The van der Waals surface area contributed by atoms with Gasteiger partial charge in [0.2, 0.25) is 11.7 Å². The van der Waals surface area contributed by atoms with Crippen LogP contribution in [0.25, 0.3) is 0 Å². The molecular formula is C47H59N3O15. The van der Waals surface area contributed by atoms with Crippen molar-refractivity contribution in [1.82, 2.24) is 15.3 Å². The summed E-state index contributed by atoms with van der Waals surface area (Å²) >= 11 is 0. The van der Waals surface area contributed by atoms with Gasteiger partial charge in [0.05, 0.1) is 61.1 Å². The Morgan fingerprint density at radius 3 is 2.15 bits per heavy atom. The van der Waals surface area contributed by atoms with Gasteiger partial charge in [0, 0.05) is 25.9 Å². The van der Waals surface area contributed by atoms with Crippen LogP contribution in [-0.4, -0.2) is 120 Å². The maximum atomic E-state index is 14.4. The minimum atomic E-state index is -0.830. The topological polar surface area (TPSA) is 204 Å². The first kappa shape index (κ1) is 49.5. The van der Waals surface area contributed by atoms with Crippen LogP contribution in [0.15, 0.2) is 54.6 Å². The van der Waals surface area contributed by atoms with Crippen LogP contribution in [0.3, 0.4) is 0 Å². The molecule has 0 aromatic heterocycles. The Hall–Kier alpha value is -6.56. The van der Waals surface area contributed by atoms with Gasteiger partial charge in [0.25, 0.3) is 17.7 Å². The van der Waals surface area contributed by atoms with Gasteiger partial charge in [-0.3, -0.25) is 19.2 Å². The summed E-state index contributed by atoms with van der Waals surface area (Å²) in [7, 11) is 7.66. The summed E-state index contributed by atoms with van der Waals surface area (Å²) in [5, 5.41) is 3.15. The standard InChI is InChI=1S/C47H59N3O15/c1-7-34(32-27-39(59-4)45(61-6)40(28-32)60-5)46(55)49-22-9-8-13-35(49)47(56)64-36(16-14-30-15-17-37(57-2)38(25-30)58-3)31-11-10-12-33(26-31)63-29-41(51)48-21-24-62-23-20-44(54)65-50-42(52)18-19-43(50)53/h10-12,15,17,25-28,34-36H,7-9,13-14,16,18-24,29H2,1-6H3,(H,48,51)/t34-,35-,36+/m0/s1. The molecule has 0 unspecified atom stereocenters. The van der Waals surface area contributed by atoms with Gasteiger partial charge in [0.1, 0.15) is 17.9 Å². The summed E-state index contributed by atoms with van der Waals surface area (Å²) < 4.78 is 45.2. The number of likely N-dealkylation sites (tertiary alicyclic amines) is 1. The number of hydroxylamine groups is 2. The minimum absolute atomic E-state index is 0.000307. The summed E-state index contributed by atoms with van der Waals surface area (Å²) in [6.45, 7) is 2.13. The second kappa shape index (κ2) is 24.5. The van der Waals surface area contributed by atoms with Gasteiger partial charge in [-0.15, -0.1) is 5.06 Å². The number of carbonyl (C=O) groups excluding carboxylic acids is 6. The zero-order chi connectivity index (χ0) is 46.9. The molecule has 2 aliphatic rings. The molecule has 2 saturated heterocycles. The quantitative estimate of drug-likeness (QED) is 0.0712. The lowest BCUT2D eigenvalue weighted by Crippen LogP contribution is -2.50. The number of methoxy groups -OCH3 is 5. The molecule has 2 aliphatic heterocycles. The Morgan fingerprint density at radius 1 is 0.785 bits per heavy atom. The van der Waals surface area contributed by atoms with Crippen molar-refractivity contribution in [3.8, 4) is 34.5 Å². The molecule has 2 heterocycles. The third-order valence-corrected chi connectivity index (χ3v) is 11.1. The number of carbonyl (C=O) groups is 6. The van der Waals surface area contributed by atoms with Crippen molar-refractivity contribution in [2.45, 2.75) is 82.8 Å². The lowest BCUT2D eigenvalue weighted by molar-refractivity contribution is -0.198. The molecule has 0 saturated carbocycles. The van der Waals surface area contributed by atoms with Crippen LogP contribution < -0.4 is 33.7 Å². The summed E-state index contributed by atoms with van der Waals surface area (Å²) in [6, 6.07) is 15.2. The smallest absolute Gasteiger partial charge is 0.335 e. The largest absolute Gasteiger partial charge is 0.493 e. The highest BCUT2D eigenvalue weighted by molar-refractivity contribution is 6.01. The Labute approximate surface area is 378 Å². The number of esters is 1. The fourth-order valence-corrected chi connectivity index (χ4v) is 7.67. The highest BCUT2D eigenvalue weighted by Crippen LogP contribution is 2.41. The number of benzene rings is 3. The van der Waals surface area contributed by atoms with Gasteiger partial charge >= 0.3 is 11.9 Å². The summed E-state index contributed by atoms with van der Waals surface area (Å²) in [4.78, 5) is 83.1. The van der Waals surface area contributed by atoms with Gasteiger partial charge in [-0.25, -0.2) is 9.59 Å². The lowest BCUT2D eigenvalue weighted by atomic mass is 9.91. The van der Waals surface area contributed by atoms with E-state index in [0.717, 1.165) is 18.4 Å². The number of imide groups is 1. The van der Waals surface area contributed by atoms with Crippen molar-refractivity contribution in [3.63, 3.8) is 0 Å². The Morgan fingerprint density at radius 2 is 1.49 bits per heavy atom. The van der Waals surface area contributed by atoms with E-state index in [1.165, 1.54) is 21.3 Å². The van der Waals surface area contributed by atoms with E-state index in [-0.39, 0.29) is 51.5 Å². The van der Waals surface area contributed by atoms with E-state index < -0.39 is 47.7 Å². The molecule has 65 heavy (non-hydrogen) atoms. The van der Waals surface area contributed by atoms with E-state index in [0.29, 0.717) is 82.9 Å². The first-order valence-electron chi connectivity index (χ1n) is 21.6. The molecule has 18 nitrogen and oxygen atoms in total. The maximum Gasteiger partial charge on any atom is 0.335 e. The van der Waals surface area contributed by atoms with E-state index in [4.69, 9.17) is 42.7 Å². The van der Waals surface area contributed by atoms with E-state index >= 15 is 0 Å². The first-order chi connectivity index (χ1) is 31.4. The molecule has 0 bridgehead atoms. The number of piperidine rings is 1. The monoisotopic (exact) mass is 905 g/mol. The second-order valence-corrected chi connectivity index (χ2v) is 15.2. The number of amides is 4. The molecule has 0 aliphatic carbocycles. The third-order valence-electron chi connectivity index (χ3n) is 11.1. The van der Waals surface area contributed by atoms with Crippen molar-refractivity contribution >= 4 is 35.6 Å². The normalized spacial score (nSPS) is 15.7. The number of rotatable bonds is 24. The van der Waals surface area contributed by atoms with Gasteiger partial charge < -0.3 is 52.9 Å². The minimum Gasteiger partial charge on any atom is -0.493 e. The average Bonchev–Trinajstić information content (AvgIpc) is 3.64. The van der Waals surface area contributed by atoms with Crippen molar-refractivity contribution in [1.29, 1.82) is 0 Å². The molecule has 5 rings (SSSR count). The highest BCUT2D eigenvalue weighted by Gasteiger charge is 2.38. The van der Waals surface area contributed by atoms with Gasteiger partial charge in [-0.2, -0.15) is 0 Å². The number of aryl methyl sites for hydroxylation is 1. The predicted molar refractivity (Wildman–Crippen MR) is 233 cm³/mol. The SMILES string of the molecule is CC[C@H](C(=O)N1CCCC[C@H]1C(=O)O[C@H](CCc1ccc(OC)c(OC)c1)c1cccc(OCC(=O)NCCOCCC(=O)ON2C(=O)CCC2=O)c1)c1cc(OC)c(OC)c(OC)c1. The van der Waals surface area contributed by atoms with Gasteiger partial charge in [0.15, 0.2) is 29.6 Å². The Balaban J connectivity index is 1.24. The van der Waals surface area contributed by atoms with E-state index in [1.54, 1.807) is 49.5 Å². The molecule has 0 radical (unpaired) electrons. The summed E-state index contributed by atoms with van der Waals surface area (Å²) in [6.07, 6.45) is 2.23. The van der Waals surface area contributed by atoms with Crippen LogP contribution in [0.4, 0.5) is 0 Å². The van der Waals surface area contributed by atoms with Crippen LogP contribution in [0.5, 0.6) is 34.5 Å². The molecule has 2 fully saturated rings. The Bertz CT molecular complexity index is 2100. The highest BCUT2D eigenvalue weighted by atomic mass is 16.7. The number of nitrogens with one attached hydrogen (secondary N) is 1. The van der Waals surface area contributed by atoms with Crippen LogP contribution >= 0.6 is 0 Å². The molecule has 1 N–H and O–H groups in total. The molecular weight excluding hydrogens is 847 g/mol. The molecule has 4 amide bonds. The summed E-state index contributed by atoms with van der Waals surface area (Å²) in [5.74, 6) is -0.940. The number of nitrogens with zero attached hydrogens (tertiary/aromatic N) is 2. The maximum absolute atomic E-state index is 14.4. The molecule has 0 spiro atoms. The molecule has 3 aromatic rings. The van der Waals surface area contributed by atoms with E-state index in [1.807, 2.05) is 31.2 Å². The second-order valence-electron chi connectivity index (χ2n) is 15.2. The van der Waals surface area contributed by atoms with Crippen molar-refractivity contribution < 1.29 is 71.5 Å². The fourth-order valence-electron chi connectivity index (χ4n) is 7.67. The van der Waals surface area contributed by atoms with Crippen molar-refractivity contribution in [2.75, 3.05) is 68.5 Å². The average molecular weight is 906 g/mol. The van der Waals surface area contributed by atoms with E-state index in [9.17, 15) is 28.8 Å². The lowest BCUT2D eigenvalue weighted by Gasteiger charge is -2.37. The van der Waals surface area contributed by atoms with Crippen LogP contribution in [0.2, 0.25) is 0 Å². The fraction of sp³-hybridized carbons (Fsp3) is 0.489. The molecule has 3 aromatic carbocycles. The number of ether oxygens (including phenoxy) is 8. The van der Waals surface area contributed by atoms with Gasteiger partial charge in [-0.1, -0.05) is 25.1 Å². The first-order valence-corrected chi connectivity index (χ1v) is 21.6. The summed E-state index contributed by atoms with van der Waals surface area (Å²) in [5.41, 5.74) is 2.21. The zero-order valence-electron chi connectivity index (χ0n) is 37.8. The van der Waals surface area contributed by atoms with Crippen LogP contribution in [0.1, 0.15) is 87.0 Å². The third kappa shape index (κ3) is 13.2. The predicted octanol–water partition coefficient (Wildman–Crippen LogP) is 5.03. The zero-order valence-corrected chi connectivity index (χ0v) is 37.8. The molecule has 3 atom stereocenters.